The SMILES string of the molecule is Cc1ccc(C)c(S(=O)(=O)CCN[C@H](C)[C@@H](C)n2cccn2)c1. The number of hydrogen-bond donors (Lipinski definition) is 1. The minimum Gasteiger partial charge on any atom is -0.311 e. The van der Waals surface area contributed by atoms with Crippen LogP contribution in [0.15, 0.2) is 41.6 Å². The molecule has 0 saturated carbocycles. The fourth-order valence-corrected chi connectivity index (χ4v) is 4.03. The van der Waals surface area contributed by atoms with Crippen LogP contribution in [-0.2, 0) is 9.84 Å². The molecule has 1 aromatic carbocycles. The maximum Gasteiger partial charge on any atom is 0.179 e. The van der Waals surface area contributed by atoms with Crippen molar-refractivity contribution >= 4 is 9.84 Å². The molecular formula is C17H25N3O2S. The second-order valence-corrected chi connectivity index (χ2v) is 8.13. The highest BCUT2D eigenvalue weighted by molar-refractivity contribution is 7.91. The highest BCUT2D eigenvalue weighted by atomic mass is 32.2. The molecule has 5 nitrogen and oxygen atoms in total. The molecule has 0 aliphatic carbocycles. The lowest BCUT2D eigenvalue weighted by Gasteiger charge is -2.22. The molecule has 2 rings (SSSR count). The number of sulfone groups is 1. The van der Waals surface area contributed by atoms with E-state index in [1.165, 1.54) is 0 Å². The van der Waals surface area contributed by atoms with Gasteiger partial charge in [-0.05, 0) is 51.0 Å². The molecule has 0 aliphatic rings. The minimum atomic E-state index is -3.27. The van der Waals surface area contributed by atoms with Crippen molar-refractivity contribution in [1.29, 1.82) is 0 Å². The van der Waals surface area contributed by atoms with Crippen LogP contribution in [0.2, 0.25) is 0 Å². The van der Waals surface area contributed by atoms with Crippen molar-refractivity contribution in [2.45, 2.75) is 44.7 Å². The number of nitrogens with zero attached hydrogens (tertiary/aromatic N) is 2. The van der Waals surface area contributed by atoms with E-state index in [2.05, 4.69) is 17.3 Å². The van der Waals surface area contributed by atoms with E-state index in [0.717, 1.165) is 11.1 Å². The van der Waals surface area contributed by atoms with Crippen LogP contribution in [-0.4, -0.2) is 36.5 Å². The number of nitrogens with one attached hydrogen (secondary N) is 1. The first-order chi connectivity index (χ1) is 10.8. The molecule has 1 N–H and O–H groups in total. The molecule has 0 bridgehead atoms. The molecular weight excluding hydrogens is 310 g/mol. The van der Waals surface area contributed by atoms with Gasteiger partial charge in [-0.15, -0.1) is 0 Å². The van der Waals surface area contributed by atoms with E-state index in [1.54, 1.807) is 12.3 Å². The van der Waals surface area contributed by atoms with Crippen LogP contribution < -0.4 is 5.32 Å². The third-order valence-electron chi connectivity index (χ3n) is 4.18. The Morgan fingerprint density at radius 3 is 2.65 bits per heavy atom. The summed E-state index contributed by atoms with van der Waals surface area (Å²) < 4.78 is 26.9. The van der Waals surface area contributed by atoms with Crippen molar-refractivity contribution in [2.75, 3.05) is 12.3 Å². The molecule has 0 amide bonds. The van der Waals surface area contributed by atoms with Crippen LogP contribution in [0.1, 0.15) is 31.0 Å². The minimum absolute atomic E-state index is 0.0907. The zero-order valence-corrected chi connectivity index (χ0v) is 15.0. The number of aryl methyl sites for hydroxylation is 2. The molecule has 2 aromatic rings. The Morgan fingerprint density at radius 2 is 2.00 bits per heavy atom. The molecule has 0 radical (unpaired) electrons. The Kier molecular flexibility index (Phi) is 5.59. The Morgan fingerprint density at radius 1 is 1.26 bits per heavy atom. The summed E-state index contributed by atoms with van der Waals surface area (Å²) >= 11 is 0. The van der Waals surface area contributed by atoms with Gasteiger partial charge in [0.1, 0.15) is 0 Å². The number of rotatable bonds is 7. The Bertz CT molecular complexity index is 739. The van der Waals surface area contributed by atoms with Crippen molar-refractivity contribution < 1.29 is 8.42 Å². The third kappa shape index (κ3) is 4.42. The average Bonchev–Trinajstić information content (AvgIpc) is 3.02. The summed E-state index contributed by atoms with van der Waals surface area (Å²) in [6, 6.07) is 7.71. The average molecular weight is 335 g/mol. The van der Waals surface area contributed by atoms with Gasteiger partial charge in [-0.1, -0.05) is 12.1 Å². The smallest absolute Gasteiger partial charge is 0.179 e. The third-order valence-corrected chi connectivity index (χ3v) is 6.03. The van der Waals surface area contributed by atoms with E-state index in [1.807, 2.05) is 49.8 Å². The van der Waals surface area contributed by atoms with Gasteiger partial charge in [-0.2, -0.15) is 5.10 Å². The summed E-state index contributed by atoms with van der Waals surface area (Å²) in [4.78, 5) is 0.437. The molecule has 0 unspecified atom stereocenters. The van der Waals surface area contributed by atoms with Gasteiger partial charge in [-0.25, -0.2) is 8.42 Å². The van der Waals surface area contributed by atoms with Crippen molar-refractivity contribution in [3.63, 3.8) is 0 Å². The molecule has 0 aliphatic heterocycles. The van der Waals surface area contributed by atoms with Crippen molar-refractivity contribution in [3.05, 3.63) is 47.8 Å². The summed E-state index contributed by atoms with van der Waals surface area (Å²) in [7, 11) is -3.27. The summed E-state index contributed by atoms with van der Waals surface area (Å²) in [5.41, 5.74) is 1.76. The van der Waals surface area contributed by atoms with Crippen molar-refractivity contribution in [3.8, 4) is 0 Å². The van der Waals surface area contributed by atoms with Gasteiger partial charge in [0.15, 0.2) is 9.84 Å². The first-order valence-electron chi connectivity index (χ1n) is 7.84. The summed E-state index contributed by atoms with van der Waals surface area (Å²) in [6.45, 7) is 8.26. The van der Waals surface area contributed by atoms with Gasteiger partial charge in [0.25, 0.3) is 0 Å². The van der Waals surface area contributed by atoms with Gasteiger partial charge < -0.3 is 5.32 Å². The lowest BCUT2D eigenvalue weighted by atomic mass is 10.2. The fraction of sp³-hybridized carbons (Fsp3) is 0.471. The van der Waals surface area contributed by atoms with E-state index >= 15 is 0 Å². The number of aromatic nitrogens is 2. The summed E-state index contributed by atoms with van der Waals surface area (Å²) in [5, 5.41) is 7.51. The van der Waals surface area contributed by atoms with Gasteiger partial charge in [0, 0.05) is 25.0 Å². The number of hydrogen-bond acceptors (Lipinski definition) is 4. The Hall–Kier alpha value is -1.66. The van der Waals surface area contributed by atoms with E-state index in [0.29, 0.717) is 11.4 Å². The lowest BCUT2D eigenvalue weighted by Crippen LogP contribution is -2.36. The molecule has 6 heteroatoms. The van der Waals surface area contributed by atoms with Gasteiger partial charge in [-0.3, -0.25) is 4.68 Å². The van der Waals surface area contributed by atoms with Crippen LogP contribution in [0, 0.1) is 13.8 Å². The monoisotopic (exact) mass is 335 g/mol. The van der Waals surface area contributed by atoms with E-state index in [9.17, 15) is 8.42 Å². The largest absolute Gasteiger partial charge is 0.311 e. The molecule has 0 spiro atoms. The van der Waals surface area contributed by atoms with Crippen LogP contribution in [0.5, 0.6) is 0 Å². The molecule has 1 heterocycles. The second kappa shape index (κ2) is 7.27. The Balaban J connectivity index is 1.96. The highest BCUT2D eigenvalue weighted by Gasteiger charge is 2.19. The molecule has 0 saturated heterocycles. The lowest BCUT2D eigenvalue weighted by molar-refractivity contribution is 0.372. The van der Waals surface area contributed by atoms with Gasteiger partial charge >= 0.3 is 0 Å². The zero-order valence-electron chi connectivity index (χ0n) is 14.2. The summed E-state index contributed by atoms with van der Waals surface area (Å²) in [5.74, 6) is 0.0907. The van der Waals surface area contributed by atoms with Crippen LogP contribution in [0.4, 0.5) is 0 Å². The normalized spacial score (nSPS) is 14.6. The predicted molar refractivity (Wildman–Crippen MR) is 92.4 cm³/mol. The maximum atomic E-state index is 12.5. The topological polar surface area (TPSA) is 64.0 Å². The van der Waals surface area contributed by atoms with Crippen LogP contribution in [0.25, 0.3) is 0 Å². The number of benzene rings is 1. The van der Waals surface area contributed by atoms with E-state index in [4.69, 9.17) is 0 Å². The van der Waals surface area contributed by atoms with E-state index in [-0.39, 0.29) is 17.8 Å². The van der Waals surface area contributed by atoms with Gasteiger partial charge in [0.05, 0.1) is 16.7 Å². The summed E-state index contributed by atoms with van der Waals surface area (Å²) in [6.07, 6.45) is 3.66. The predicted octanol–water partition coefficient (Wildman–Crippen LogP) is 2.51. The van der Waals surface area contributed by atoms with Gasteiger partial charge in [0.2, 0.25) is 0 Å². The zero-order chi connectivity index (χ0) is 17.0. The maximum absolute atomic E-state index is 12.5. The first-order valence-corrected chi connectivity index (χ1v) is 9.49. The Labute approximate surface area is 138 Å². The highest BCUT2D eigenvalue weighted by Crippen LogP contribution is 2.18. The standard InChI is InChI=1S/C17H25N3O2S/c1-13-6-7-14(2)17(12-13)23(21,22)11-9-18-15(3)16(4)20-10-5-8-19-20/h5-8,10,12,15-16,18H,9,11H2,1-4H3/t15-,16-/m1/s1. The molecule has 0 fully saturated rings. The van der Waals surface area contributed by atoms with E-state index < -0.39 is 9.84 Å². The molecule has 23 heavy (non-hydrogen) atoms. The van der Waals surface area contributed by atoms with Crippen molar-refractivity contribution in [2.24, 2.45) is 0 Å². The fourth-order valence-electron chi connectivity index (χ4n) is 2.49. The molecule has 1 aromatic heterocycles. The second-order valence-electron chi connectivity index (χ2n) is 6.06. The molecule has 2 atom stereocenters. The molecule has 126 valence electrons. The van der Waals surface area contributed by atoms with Crippen LogP contribution in [0.3, 0.4) is 0 Å². The van der Waals surface area contributed by atoms with Crippen molar-refractivity contribution in [1.82, 2.24) is 15.1 Å². The quantitative estimate of drug-likeness (QED) is 0.844. The first kappa shape index (κ1) is 17.7. The van der Waals surface area contributed by atoms with Crippen LogP contribution >= 0.6 is 0 Å².